The molecule has 2 aromatic carbocycles. The van der Waals surface area contributed by atoms with E-state index in [0.29, 0.717) is 42.2 Å². The maximum Gasteiger partial charge on any atom is 0.335 e. The van der Waals surface area contributed by atoms with E-state index < -0.39 is 5.97 Å². The molecule has 4 rings (SSSR count). The Hall–Kier alpha value is -3.41. The Labute approximate surface area is 187 Å². The summed E-state index contributed by atoms with van der Waals surface area (Å²) in [6, 6.07) is 13.8. The van der Waals surface area contributed by atoms with Crippen LogP contribution in [0.2, 0.25) is 0 Å². The molecule has 2 aliphatic rings. The molecule has 0 radical (unpaired) electrons. The SMILES string of the molecule is CCOc1ccccc1C1CC(=O)N(c2ccc(C(=O)O)cc2)C2=C1C(=O)CC(C)(C)C2. The van der Waals surface area contributed by atoms with Gasteiger partial charge in [0.15, 0.2) is 5.78 Å². The van der Waals surface area contributed by atoms with Crippen molar-refractivity contribution in [2.75, 3.05) is 11.5 Å². The monoisotopic (exact) mass is 433 g/mol. The summed E-state index contributed by atoms with van der Waals surface area (Å²) in [7, 11) is 0. The summed E-state index contributed by atoms with van der Waals surface area (Å²) in [6.45, 7) is 6.46. The highest BCUT2D eigenvalue weighted by molar-refractivity contribution is 6.08. The standard InChI is InChI=1S/C26H27NO5/c1-4-32-22-8-6-5-7-18(22)19-13-23(29)27(17-11-9-16(10-12-17)25(30)31)20-14-26(2,3)15-21(28)24(19)20/h5-12,19H,4,13-15H2,1-3H3,(H,30,31). The molecule has 1 N–H and O–H groups in total. The lowest BCUT2D eigenvalue weighted by Crippen LogP contribution is -2.43. The van der Waals surface area contributed by atoms with E-state index in [-0.39, 0.29) is 35.0 Å². The Kier molecular flexibility index (Phi) is 5.63. The van der Waals surface area contributed by atoms with Crippen LogP contribution in [0.3, 0.4) is 0 Å². The van der Waals surface area contributed by atoms with Crippen LogP contribution in [-0.2, 0) is 9.59 Å². The van der Waals surface area contributed by atoms with Gasteiger partial charge in [0, 0.05) is 41.3 Å². The van der Waals surface area contributed by atoms with E-state index in [0.717, 1.165) is 5.56 Å². The van der Waals surface area contributed by atoms with Crippen LogP contribution in [-0.4, -0.2) is 29.4 Å². The van der Waals surface area contributed by atoms with E-state index in [1.54, 1.807) is 17.0 Å². The third-order valence-corrected chi connectivity index (χ3v) is 6.11. The van der Waals surface area contributed by atoms with Gasteiger partial charge in [-0.1, -0.05) is 32.0 Å². The van der Waals surface area contributed by atoms with Crippen molar-refractivity contribution in [3.63, 3.8) is 0 Å². The van der Waals surface area contributed by atoms with Crippen LogP contribution >= 0.6 is 0 Å². The fraction of sp³-hybridized carbons (Fsp3) is 0.346. The summed E-state index contributed by atoms with van der Waals surface area (Å²) in [5.41, 5.74) is 2.67. The molecule has 0 saturated heterocycles. The summed E-state index contributed by atoms with van der Waals surface area (Å²) >= 11 is 0. The molecule has 1 amide bonds. The number of amides is 1. The van der Waals surface area contributed by atoms with Crippen LogP contribution in [0, 0.1) is 5.41 Å². The van der Waals surface area contributed by atoms with Gasteiger partial charge in [-0.15, -0.1) is 0 Å². The fourth-order valence-corrected chi connectivity index (χ4v) is 4.79. The van der Waals surface area contributed by atoms with Crippen LogP contribution < -0.4 is 9.64 Å². The Morgan fingerprint density at radius 1 is 1.09 bits per heavy atom. The number of ether oxygens (including phenoxy) is 1. The Morgan fingerprint density at radius 3 is 2.44 bits per heavy atom. The average molecular weight is 434 g/mol. The second kappa shape index (κ2) is 8.26. The third kappa shape index (κ3) is 3.93. The number of benzene rings is 2. The number of carbonyl (C=O) groups excluding carboxylic acids is 2. The topological polar surface area (TPSA) is 83.9 Å². The molecule has 32 heavy (non-hydrogen) atoms. The number of rotatable bonds is 5. The molecular weight excluding hydrogens is 406 g/mol. The zero-order valence-corrected chi connectivity index (χ0v) is 18.6. The molecule has 2 aromatic rings. The zero-order chi connectivity index (χ0) is 23.0. The molecule has 166 valence electrons. The number of allylic oxidation sites excluding steroid dienone is 2. The highest BCUT2D eigenvalue weighted by Gasteiger charge is 2.45. The number of Topliss-reactive ketones (excluding diaryl/α,β-unsaturated/α-hetero) is 1. The summed E-state index contributed by atoms with van der Waals surface area (Å²) in [4.78, 5) is 39.7. The van der Waals surface area contributed by atoms with Crippen molar-refractivity contribution < 1.29 is 24.2 Å². The number of para-hydroxylation sites is 1. The van der Waals surface area contributed by atoms with Gasteiger partial charge in [0.1, 0.15) is 5.75 Å². The van der Waals surface area contributed by atoms with Gasteiger partial charge >= 0.3 is 5.97 Å². The molecule has 1 aliphatic carbocycles. The zero-order valence-electron chi connectivity index (χ0n) is 18.6. The van der Waals surface area contributed by atoms with Crippen LogP contribution in [0.4, 0.5) is 5.69 Å². The number of carboxylic acid groups (broad SMARTS) is 1. The lowest BCUT2D eigenvalue weighted by Gasteiger charge is -2.43. The van der Waals surface area contributed by atoms with Gasteiger partial charge in [0.05, 0.1) is 12.2 Å². The number of nitrogens with zero attached hydrogens (tertiary/aromatic N) is 1. The number of carbonyl (C=O) groups is 3. The van der Waals surface area contributed by atoms with Gasteiger partial charge in [-0.25, -0.2) is 4.79 Å². The van der Waals surface area contributed by atoms with E-state index in [9.17, 15) is 19.5 Å². The predicted octanol–water partition coefficient (Wildman–Crippen LogP) is 4.95. The van der Waals surface area contributed by atoms with Crippen LogP contribution in [0.25, 0.3) is 0 Å². The smallest absolute Gasteiger partial charge is 0.335 e. The van der Waals surface area contributed by atoms with Crippen LogP contribution in [0.5, 0.6) is 5.75 Å². The van der Waals surface area contributed by atoms with E-state index in [1.807, 2.05) is 45.0 Å². The molecule has 0 saturated carbocycles. The van der Waals surface area contributed by atoms with Gasteiger partial charge in [0.25, 0.3) is 0 Å². The number of ketones is 1. The van der Waals surface area contributed by atoms with Gasteiger partial charge in [0.2, 0.25) is 5.91 Å². The first-order valence-electron chi connectivity index (χ1n) is 10.9. The molecule has 1 atom stereocenters. The van der Waals surface area contributed by atoms with Crippen molar-refractivity contribution in [1.29, 1.82) is 0 Å². The van der Waals surface area contributed by atoms with Gasteiger partial charge in [-0.05, 0) is 49.1 Å². The van der Waals surface area contributed by atoms with E-state index >= 15 is 0 Å². The highest BCUT2D eigenvalue weighted by atomic mass is 16.5. The Morgan fingerprint density at radius 2 is 1.78 bits per heavy atom. The largest absolute Gasteiger partial charge is 0.494 e. The molecule has 0 spiro atoms. The van der Waals surface area contributed by atoms with Crippen molar-refractivity contribution in [1.82, 2.24) is 0 Å². The first kappa shape index (κ1) is 21.8. The second-order valence-electron chi connectivity index (χ2n) is 9.11. The summed E-state index contributed by atoms with van der Waals surface area (Å²) in [6.07, 6.45) is 1.14. The van der Waals surface area contributed by atoms with Gasteiger partial charge in [-0.3, -0.25) is 14.5 Å². The predicted molar refractivity (Wildman–Crippen MR) is 121 cm³/mol. The lowest BCUT2D eigenvalue weighted by molar-refractivity contribution is -0.121. The Balaban J connectivity index is 1.87. The molecule has 0 bridgehead atoms. The van der Waals surface area contributed by atoms with Crippen LogP contribution in [0.1, 0.15) is 61.9 Å². The van der Waals surface area contributed by atoms with Crippen LogP contribution in [0.15, 0.2) is 59.8 Å². The third-order valence-electron chi connectivity index (χ3n) is 6.11. The normalized spacial score (nSPS) is 20.2. The highest BCUT2D eigenvalue weighted by Crippen LogP contribution is 2.49. The van der Waals surface area contributed by atoms with Gasteiger partial charge in [-0.2, -0.15) is 0 Å². The minimum Gasteiger partial charge on any atom is -0.494 e. The maximum absolute atomic E-state index is 13.5. The van der Waals surface area contributed by atoms with Crippen molar-refractivity contribution >= 4 is 23.3 Å². The second-order valence-corrected chi connectivity index (χ2v) is 9.11. The molecule has 1 heterocycles. The molecule has 6 heteroatoms. The fourth-order valence-electron chi connectivity index (χ4n) is 4.79. The molecule has 0 aromatic heterocycles. The minimum absolute atomic E-state index is 0.0483. The maximum atomic E-state index is 13.5. The molecular formula is C26H27NO5. The van der Waals surface area contributed by atoms with Crippen molar-refractivity contribution in [3.05, 3.63) is 70.9 Å². The summed E-state index contributed by atoms with van der Waals surface area (Å²) < 4.78 is 5.81. The summed E-state index contributed by atoms with van der Waals surface area (Å²) in [5, 5.41) is 9.21. The number of carboxylic acids is 1. The first-order valence-corrected chi connectivity index (χ1v) is 10.9. The molecule has 1 aliphatic heterocycles. The molecule has 1 unspecified atom stereocenters. The number of hydrogen-bond donors (Lipinski definition) is 1. The van der Waals surface area contributed by atoms with E-state index in [1.165, 1.54) is 12.1 Å². The average Bonchev–Trinajstić information content (AvgIpc) is 2.73. The van der Waals surface area contributed by atoms with Crippen molar-refractivity contribution in [3.8, 4) is 5.75 Å². The Bertz CT molecular complexity index is 1110. The quantitative estimate of drug-likeness (QED) is 0.721. The number of aromatic carboxylic acids is 1. The molecule has 0 fully saturated rings. The summed E-state index contributed by atoms with van der Waals surface area (Å²) in [5.74, 6) is -0.765. The van der Waals surface area contributed by atoms with E-state index in [2.05, 4.69) is 0 Å². The minimum atomic E-state index is -1.03. The van der Waals surface area contributed by atoms with Gasteiger partial charge < -0.3 is 9.84 Å². The molecule has 6 nitrogen and oxygen atoms in total. The first-order chi connectivity index (χ1) is 15.2. The lowest BCUT2D eigenvalue weighted by atomic mass is 9.69. The van der Waals surface area contributed by atoms with E-state index in [4.69, 9.17) is 4.74 Å². The van der Waals surface area contributed by atoms with Crippen molar-refractivity contribution in [2.45, 2.75) is 46.0 Å². The number of hydrogen-bond acceptors (Lipinski definition) is 4. The number of anilines is 1. The van der Waals surface area contributed by atoms with Crippen molar-refractivity contribution in [2.24, 2.45) is 5.41 Å².